The van der Waals surface area contributed by atoms with Gasteiger partial charge in [-0.05, 0) is 11.1 Å². The molecule has 3 heterocycles. The Labute approximate surface area is 137 Å². The molecule has 0 saturated heterocycles. The summed E-state index contributed by atoms with van der Waals surface area (Å²) < 4.78 is 0. The van der Waals surface area contributed by atoms with Gasteiger partial charge in [-0.3, -0.25) is 4.79 Å². The Morgan fingerprint density at radius 1 is 1.26 bits per heavy atom. The second kappa shape index (κ2) is 5.58. The van der Waals surface area contributed by atoms with E-state index in [0.717, 1.165) is 16.2 Å². The van der Waals surface area contributed by atoms with E-state index >= 15 is 0 Å². The van der Waals surface area contributed by atoms with Gasteiger partial charge >= 0.3 is 0 Å². The molecule has 116 valence electrons. The molecule has 3 aromatic rings. The van der Waals surface area contributed by atoms with Crippen LogP contribution < -0.4 is 10.2 Å². The van der Waals surface area contributed by atoms with Crippen molar-refractivity contribution in [2.24, 2.45) is 0 Å². The molecule has 23 heavy (non-hydrogen) atoms. The molecule has 4 rings (SSSR count). The summed E-state index contributed by atoms with van der Waals surface area (Å²) in [7, 11) is 1.67. The zero-order valence-corrected chi connectivity index (χ0v) is 13.4. The minimum absolute atomic E-state index is 0.0125. The van der Waals surface area contributed by atoms with Crippen LogP contribution >= 0.6 is 11.3 Å². The quantitative estimate of drug-likeness (QED) is 0.777. The smallest absolute Gasteiger partial charge is 0.242 e. The van der Waals surface area contributed by atoms with Crippen molar-refractivity contribution >= 4 is 33.4 Å². The first-order valence-corrected chi connectivity index (χ1v) is 8.25. The van der Waals surface area contributed by atoms with Gasteiger partial charge in [0, 0.05) is 20.0 Å². The number of carbonyl (C=O) groups is 1. The predicted octanol–water partition coefficient (Wildman–Crippen LogP) is 1.76. The van der Waals surface area contributed by atoms with Gasteiger partial charge < -0.3 is 10.2 Å². The van der Waals surface area contributed by atoms with Crippen molar-refractivity contribution in [3.8, 4) is 0 Å². The normalized spacial score (nSPS) is 17.1. The average Bonchev–Trinajstić information content (AvgIpc) is 3.08. The van der Waals surface area contributed by atoms with Crippen molar-refractivity contribution in [1.29, 1.82) is 0 Å². The molecule has 0 saturated carbocycles. The Bertz CT molecular complexity index is 878. The lowest BCUT2D eigenvalue weighted by atomic mass is 9.93. The first kappa shape index (κ1) is 14.1. The topological polar surface area (TPSA) is 71.0 Å². The number of anilines is 1. The summed E-state index contributed by atoms with van der Waals surface area (Å²) in [5, 5.41) is 2.77. The fraction of sp³-hybridized carbons (Fsp3) is 0.250. The molecule has 7 heteroatoms. The summed E-state index contributed by atoms with van der Waals surface area (Å²) in [6.45, 7) is 0.637. The van der Waals surface area contributed by atoms with Gasteiger partial charge in [-0.1, -0.05) is 24.3 Å². The van der Waals surface area contributed by atoms with E-state index in [1.54, 1.807) is 12.6 Å². The van der Waals surface area contributed by atoms with Gasteiger partial charge in [-0.15, -0.1) is 11.3 Å². The summed E-state index contributed by atoms with van der Waals surface area (Å²) in [4.78, 5) is 28.4. The Kier molecular flexibility index (Phi) is 3.42. The minimum atomic E-state index is -0.297. The van der Waals surface area contributed by atoms with Crippen LogP contribution in [-0.4, -0.2) is 33.9 Å². The zero-order chi connectivity index (χ0) is 15.8. The molecule has 6 nitrogen and oxygen atoms in total. The van der Waals surface area contributed by atoms with Crippen molar-refractivity contribution in [2.45, 2.75) is 19.0 Å². The highest BCUT2D eigenvalue weighted by Gasteiger charge is 2.33. The van der Waals surface area contributed by atoms with Gasteiger partial charge in [0.05, 0.1) is 5.51 Å². The van der Waals surface area contributed by atoms with Crippen molar-refractivity contribution in [1.82, 2.24) is 20.3 Å². The van der Waals surface area contributed by atoms with E-state index in [0.29, 0.717) is 13.0 Å². The fourth-order valence-corrected chi connectivity index (χ4v) is 3.66. The monoisotopic (exact) mass is 325 g/mol. The summed E-state index contributed by atoms with van der Waals surface area (Å²) in [5.74, 6) is 0.709. The number of rotatable bonds is 2. The van der Waals surface area contributed by atoms with Crippen LogP contribution in [0.5, 0.6) is 0 Å². The van der Waals surface area contributed by atoms with Gasteiger partial charge in [0.1, 0.15) is 22.7 Å². The van der Waals surface area contributed by atoms with Crippen molar-refractivity contribution in [2.75, 3.05) is 11.9 Å². The first-order chi connectivity index (χ1) is 11.3. The van der Waals surface area contributed by atoms with Crippen LogP contribution in [0.1, 0.15) is 11.1 Å². The van der Waals surface area contributed by atoms with Crippen molar-refractivity contribution in [3.05, 3.63) is 47.2 Å². The van der Waals surface area contributed by atoms with Crippen molar-refractivity contribution in [3.63, 3.8) is 0 Å². The second-order valence-electron chi connectivity index (χ2n) is 5.43. The van der Waals surface area contributed by atoms with E-state index in [4.69, 9.17) is 0 Å². The lowest BCUT2D eigenvalue weighted by Crippen LogP contribution is -2.50. The molecule has 0 fully saturated rings. The molecule has 1 amide bonds. The standard InChI is InChI=1S/C16H15N5OS/c1-17-15(22)12-6-10-4-2-3-5-11(10)7-21(12)14-13-16(19-8-18-14)23-9-20-13/h2-5,8-9,12H,6-7H2,1H3,(H,17,22)/t12-/m0/s1. The molecule has 1 atom stereocenters. The van der Waals surface area contributed by atoms with Crippen LogP contribution in [0.15, 0.2) is 36.1 Å². The van der Waals surface area contributed by atoms with Crippen LogP contribution in [0.4, 0.5) is 5.82 Å². The summed E-state index contributed by atoms with van der Waals surface area (Å²) in [6, 6.07) is 7.92. The Morgan fingerprint density at radius 3 is 2.91 bits per heavy atom. The molecule has 0 bridgehead atoms. The lowest BCUT2D eigenvalue weighted by molar-refractivity contribution is -0.122. The Balaban J connectivity index is 1.84. The molecular formula is C16H15N5OS. The van der Waals surface area contributed by atoms with Gasteiger partial charge in [-0.25, -0.2) is 15.0 Å². The van der Waals surface area contributed by atoms with E-state index < -0.39 is 0 Å². The number of nitrogens with one attached hydrogen (secondary N) is 1. The third-order valence-electron chi connectivity index (χ3n) is 4.19. The Hall–Kier alpha value is -2.54. The Morgan fingerprint density at radius 2 is 2.09 bits per heavy atom. The molecule has 1 N–H and O–H groups in total. The highest BCUT2D eigenvalue weighted by atomic mass is 32.1. The zero-order valence-electron chi connectivity index (χ0n) is 12.6. The summed E-state index contributed by atoms with van der Waals surface area (Å²) >= 11 is 1.48. The SMILES string of the molecule is CNC(=O)[C@@H]1Cc2ccccc2CN1c1ncnc2scnc12. The van der Waals surface area contributed by atoms with Gasteiger partial charge in [0.25, 0.3) is 0 Å². The molecule has 0 aliphatic carbocycles. The average molecular weight is 325 g/mol. The first-order valence-electron chi connectivity index (χ1n) is 7.37. The van der Waals surface area contributed by atoms with Crippen molar-refractivity contribution < 1.29 is 4.79 Å². The van der Waals surface area contributed by atoms with Gasteiger partial charge in [0.2, 0.25) is 5.91 Å². The lowest BCUT2D eigenvalue weighted by Gasteiger charge is -2.36. The van der Waals surface area contributed by atoms with Gasteiger partial charge in [-0.2, -0.15) is 0 Å². The highest BCUT2D eigenvalue weighted by molar-refractivity contribution is 7.16. The van der Waals surface area contributed by atoms with E-state index in [1.165, 1.54) is 28.8 Å². The minimum Gasteiger partial charge on any atom is -0.357 e. The second-order valence-corrected chi connectivity index (χ2v) is 6.27. The number of fused-ring (bicyclic) bond motifs is 2. The number of hydrogen-bond acceptors (Lipinski definition) is 6. The van der Waals surface area contributed by atoms with Crippen LogP contribution in [0.25, 0.3) is 10.3 Å². The van der Waals surface area contributed by atoms with Crippen LogP contribution in [-0.2, 0) is 17.8 Å². The number of hydrogen-bond donors (Lipinski definition) is 1. The van der Waals surface area contributed by atoms with E-state index in [9.17, 15) is 4.79 Å². The highest BCUT2D eigenvalue weighted by Crippen LogP contribution is 2.31. The molecule has 0 radical (unpaired) electrons. The maximum absolute atomic E-state index is 12.4. The summed E-state index contributed by atoms with van der Waals surface area (Å²) in [5.41, 5.74) is 4.94. The number of benzene rings is 1. The van der Waals surface area contributed by atoms with Gasteiger partial charge in [0.15, 0.2) is 5.82 Å². The van der Waals surface area contributed by atoms with Crippen LogP contribution in [0, 0.1) is 0 Å². The maximum Gasteiger partial charge on any atom is 0.242 e. The molecule has 1 aliphatic rings. The van der Waals surface area contributed by atoms with Crippen LogP contribution in [0.3, 0.4) is 0 Å². The molecule has 1 aliphatic heterocycles. The predicted molar refractivity (Wildman–Crippen MR) is 89.4 cm³/mol. The fourth-order valence-electron chi connectivity index (χ4n) is 3.04. The number of carbonyl (C=O) groups excluding carboxylic acids is 1. The third kappa shape index (κ3) is 2.33. The number of likely N-dealkylation sites (N-methyl/N-ethyl adjacent to an activating group) is 1. The largest absolute Gasteiger partial charge is 0.357 e. The molecule has 0 spiro atoms. The molecular weight excluding hydrogens is 310 g/mol. The number of aromatic nitrogens is 3. The van der Waals surface area contributed by atoms with E-state index in [2.05, 4.69) is 32.4 Å². The number of thiazole rings is 1. The third-order valence-corrected chi connectivity index (χ3v) is 4.92. The van der Waals surface area contributed by atoms with E-state index in [-0.39, 0.29) is 11.9 Å². The molecule has 2 aromatic heterocycles. The number of amides is 1. The number of nitrogens with zero attached hydrogens (tertiary/aromatic N) is 4. The molecule has 0 unspecified atom stereocenters. The maximum atomic E-state index is 12.4. The summed E-state index contributed by atoms with van der Waals surface area (Å²) in [6.07, 6.45) is 2.20. The molecule has 1 aromatic carbocycles. The van der Waals surface area contributed by atoms with E-state index in [1.807, 2.05) is 17.0 Å². The van der Waals surface area contributed by atoms with Crippen LogP contribution in [0.2, 0.25) is 0 Å².